The Morgan fingerprint density at radius 3 is 2.47 bits per heavy atom. The van der Waals surface area contributed by atoms with Crippen LogP contribution in [0.15, 0.2) is 24.5 Å². The number of hydrogen-bond donors (Lipinski definition) is 0. The Hall–Kier alpha value is -1.38. The van der Waals surface area contributed by atoms with Crippen LogP contribution in [-0.4, -0.2) is 22.3 Å². The maximum atomic E-state index is 11.8. The van der Waals surface area contributed by atoms with Gasteiger partial charge in [0.1, 0.15) is 0 Å². The number of aromatic nitrogens is 1. The number of nitrogens with zero attached hydrogens (tertiary/aromatic N) is 2. The normalized spacial score (nSPS) is 10.4. The van der Waals surface area contributed by atoms with E-state index in [1.165, 1.54) is 0 Å². The molecule has 3 heteroatoms. The van der Waals surface area contributed by atoms with Crippen molar-refractivity contribution in [2.45, 2.75) is 27.3 Å². The first kappa shape index (κ1) is 11.7. The minimum atomic E-state index is 0.0618. The lowest BCUT2D eigenvalue weighted by Gasteiger charge is -2.22. The van der Waals surface area contributed by atoms with Crippen LogP contribution in [0.1, 0.15) is 26.3 Å². The first-order valence-corrected chi connectivity index (χ1v) is 5.32. The van der Waals surface area contributed by atoms with E-state index in [2.05, 4.69) is 4.98 Å². The van der Waals surface area contributed by atoms with Gasteiger partial charge in [-0.25, -0.2) is 0 Å². The van der Waals surface area contributed by atoms with E-state index in [0.29, 0.717) is 6.54 Å². The fraction of sp³-hybridized carbons (Fsp3) is 0.500. The average molecular weight is 206 g/mol. The molecule has 0 aliphatic carbocycles. The number of amides is 1. The van der Waals surface area contributed by atoms with Gasteiger partial charge in [-0.3, -0.25) is 9.78 Å². The predicted octanol–water partition coefficient (Wildman–Crippen LogP) is 2.09. The van der Waals surface area contributed by atoms with Crippen LogP contribution in [0, 0.1) is 5.92 Å². The zero-order chi connectivity index (χ0) is 11.3. The Kier molecular flexibility index (Phi) is 4.28. The molecule has 0 aliphatic rings. The molecule has 1 aromatic rings. The highest BCUT2D eigenvalue weighted by Crippen LogP contribution is 2.07. The second-order valence-corrected chi connectivity index (χ2v) is 3.86. The van der Waals surface area contributed by atoms with Gasteiger partial charge >= 0.3 is 0 Å². The lowest BCUT2D eigenvalue weighted by molar-refractivity contribution is -0.134. The van der Waals surface area contributed by atoms with E-state index < -0.39 is 0 Å². The van der Waals surface area contributed by atoms with E-state index in [9.17, 15) is 4.79 Å². The molecule has 82 valence electrons. The summed E-state index contributed by atoms with van der Waals surface area (Å²) >= 11 is 0. The molecule has 3 nitrogen and oxygen atoms in total. The number of carbonyl (C=O) groups excluding carboxylic acids is 1. The minimum absolute atomic E-state index is 0.0618. The van der Waals surface area contributed by atoms with Crippen LogP contribution in [-0.2, 0) is 11.3 Å². The summed E-state index contributed by atoms with van der Waals surface area (Å²) in [5.74, 6) is 0.265. The van der Waals surface area contributed by atoms with Crippen molar-refractivity contribution < 1.29 is 4.79 Å². The summed E-state index contributed by atoms with van der Waals surface area (Å²) < 4.78 is 0. The summed E-state index contributed by atoms with van der Waals surface area (Å²) in [6, 6.07) is 3.88. The number of carbonyl (C=O) groups is 1. The Labute approximate surface area is 91.1 Å². The highest BCUT2D eigenvalue weighted by atomic mass is 16.2. The van der Waals surface area contributed by atoms with Gasteiger partial charge in [-0.2, -0.15) is 0 Å². The molecule has 0 aliphatic heterocycles. The van der Waals surface area contributed by atoms with Crippen LogP contribution in [0.4, 0.5) is 0 Å². The van der Waals surface area contributed by atoms with Gasteiger partial charge in [0.05, 0.1) is 0 Å². The van der Waals surface area contributed by atoms with E-state index in [1.54, 1.807) is 12.4 Å². The van der Waals surface area contributed by atoms with E-state index in [4.69, 9.17) is 0 Å². The maximum Gasteiger partial charge on any atom is 0.225 e. The van der Waals surface area contributed by atoms with E-state index in [-0.39, 0.29) is 11.8 Å². The van der Waals surface area contributed by atoms with Crippen molar-refractivity contribution in [1.82, 2.24) is 9.88 Å². The van der Waals surface area contributed by atoms with Crippen molar-refractivity contribution >= 4 is 5.91 Å². The number of hydrogen-bond acceptors (Lipinski definition) is 2. The van der Waals surface area contributed by atoms with E-state index in [1.807, 2.05) is 37.8 Å². The second-order valence-electron chi connectivity index (χ2n) is 3.86. The molecule has 1 rings (SSSR count). The van der Waals surface area contributed by atoms with E-state index in [0.717, 1.165) is 12.1 Å². The summed E-state index contributed by atoms with van der Waals surface area (Å²) in [6.45, 7) is 7.28. The summed E-state index contributed by atoms with van der Waals surface area (Å²) in [5, 5.41) is 0. The second kappa shape index (κ2) is 5.49. The highest BCUT2D eigenvalue weighted by Gasteiger charge is 2.15. The maximum absolute atomic E-state index is 11.8. The van der Waals surface area contributed by atoms with Gasteiger partial charge in [0.15, 0.2) is 0 Å². The van der Waals surface area contributed by atoms with Crippen molar-refractivity contribution in [2.75, 3.05) is 6.54 Å². The van der Waals surface area contributed by atoms with Crippen LogP contribution in [0.2, 0.25) is 0 Å². The molecule has 1 heterocycles. The molecule has 0 N–H and O–H groups in total. The van der Waals surface area contributed by atoms with Gasteiger partial charge < -0.3 is 4.90 Å². The Bertz CT molecular complexity index is 309. The third kappa shape index (κ3) is 3.35. The van der Waals surface area contributed by atoms with Crippen molar-refractivity contribution in [3.05, 3.63) is 30.1 Å². The van der Waals surface area contributed by atoms with Gasteiger partial charge in [0.2, 0.25) is 5.91 Å². The predicted molar refractivity (Wildman–Crippen MR) is 60.2 cm³/mol. The minimum Gasteiger partial charge on any atom is -0.338 e. The molecule has 1 amide bonds. The molecular formula is C12H18N2O. The van der Waals surface area contributed by atoms with Crippen molar-refractivity contribution in [2.24, 2.45) is 5.92 Å². The SMILES string of the molecule is CCN(Cc1ccncc1)C(=O)C(C)C. The van der Waals surface area contributed by atoms with Crippen molar-refractivity contribution in [1.29, 1.82) is 0 Å². The molecule has 0 spiro atoms. The highest BCUT2D eigenvalue weighted by molar-refractivity contribution is 5.78. The molecule has 0 fully saturated rings. The zero-order valence-electron chi connectivity index (χ0n) is 9.60. The first-order valence-electron chi connectivity index (χ1n) is 5.32. The molecule has 0 aromatic carbocycles. The molecule has 0 atom stereocenters. The zero-order valence-corrected chi connectivity index (χ0v) is 9.60. The molecule has 15 heavy (non-hydrogen) atoms. The van der Waals surface area contributed by atoms with Gasteiger partial charge in [0.25, 0.3) is 0 Å². The fourth-order valence-electron chi connectivity index (χ4n) is 1.42. The summed E-state index contributed by atoms with van der Waals surface area (Å²) in [6.07, 6.45) is 3.51. The average Bonchev–Trinajstić information content (AvgIpc) is 2.26. The van der Waals surface area contributed by atoms with Gasteiger partial charge in [-0.05, 0) is 24.6 Å². The molecular weight excluding hydrogens is 188 g/mol. The molecule has 0 saturated carbocycles. The van der Waals surface area contributed by atoms with Gasteiger partial charge in [-0.15, -0.1) is 0 Å². The van der Waals surface area contributed by atoms with Crippen LogP contribution < -0.4 is 0 Å². The van der Waals surface area contributed by atoms with E-state index >= 15 is 0 Å². The Balaban J connectivity index is 2.66. The van der Waals surface area contributed by atoms with Crippen molar-refractivity contribution in [3.8, 4) is 0 Å². The van der Waals surface area contributed by atoms with Crippen LogP contribution in [0.25, 0.3) is 0 Å². The molecule has 0 saturated heterocycles. The summed E-state index contributed by atoms with van der Waals surface area (Å²) in [4.78, 5) is 17.6. The smallest absolute Gasteiger partial charge is 0.225 e. The third-order valence-corrected chi connectivity index (χ3v) is 2.31. The lowest BCUT2D eigenvalue weighted by Crippen LogP contribution is -2.33. The van der Waals surface area contributed by atoms with Gasteiger partial charge in [-0.1, -0.05) is 13.8 Å². The number of rotatable bonds is 4. The number of pyridine rings is 1. The lowest BCUT2D eigenvalue weighted by atomic mass is 10.1. The molecule has 0 radical (unpaired) electrons. The summed E-state index contributed by atoms with van der Waals surface area (Å²) in [5.41, 5.74) is 1.13. The standard InChI is InChI=1S/C12H18N2O/c1-4-14(12(15)10(2)3)9-11-5-7-13-8-6-11/h5-8,10H,4,9H2,1-3H3. The van der Waals surface area contributed by atoms with Crippen LogP contribution in [0.3, 0.4) is 0 Å². The van der Waals surface area contributed by atoms with Crippen LogP contribution >= 0.6 is 0 Å². The van der Waals surface area contributed by atoms with Crippen molar-refractivity contribution in [3.63, 3.8) is 0 Å². The Morgan fingerprint density at radius 2 is 2.00 bits per heavy atom. The first-order chi connectivity index (χ1) is 7.15. The molecule has 1 aromatic heterocycles. The molecule has 0 unspecified atom stereocenters. The van der Waals surface area contributed by atoms with Crippen LogP contribution in [0.5, 0.6) is 0 Å². The monoisotopic (exact) mass is 206 g/mol. The molecule has 0 bridgehead atoms. The summed E-state index contributed by atoms with van der Waals surface area (Å²) in [7, 11) is 0. The largest absolute Gasteiger partial charge is 0.338 e. The topological polar surface area (TPSA) is 33.2 Å². The third-order valence-electron chi connectivity index (χ3n) is 2.31. The fourth-order valence-corrected chi connectivity index (χ4v) is 1.42. The Morgan fingerprint density at radius 1 is 1.40 bits per heavy atom. The quantitative estimate of drug-likeness (QED) is 0.755. The van der Waals surface area contributed by atoms with Gasteiger partial charge in [0, 0.05) is 31.4 Å².